The minimum atomic E-state index is -0.607. The van der Waals surface area contributed by atoms with Gasteiger partial charge in [-0.2, -0.15) is 5.26 Å². The lowest BCUT2D eigenvalue weighted by Crippen LogP contribution is -2.32. The van der Waals surface area contributed by atoms with Gasteiger partial charge in [-0.1, -0.05) is 6.07 Å². The number of hydrogen-bond acceptors (Lipinski definition) is 3. The summed E-state index contributed by atoms with van der Waals surface area (Å²) < 4.78 is 19.5. The van der Waals surface area contributed by atoms with E-state index in [0.29, 0.717) is 5.76 Å². The molecule has 2 aromatic rings. The highest BCUT2D eigenvalue weighted by atomic mass is 79.9. The van der Waals surface area contributed by atoms with Gasteiger partial charge in [-0.3, -0.25) is 4.79 Å². The van der Waals surface area contributed by atoms with E-state index in [1.54, 1.807) is 18.2 Å². The summed E-state index contributed by atoms with van der Waals surface area (Å²) in [5.41, 5.74) is -0.0335. The van der Waals surface area contributed by atoms with E-state index in [4.69, 9.17) is 9.68 Å². The van der Waals surface area contributed by atoms with Gasteiger partial charge in [0.05, 0.1) is 35.3 Å². The summed E-state index contributed by atoms with van der Waals surface area (Å²) in [6.07, 6.45) is 1.67. The number of benzene rings is 1. The molecule has 0 aliphatic carbocycles. The normalized spacial score (nSPS) is 10.1. The number of carbonyl (C=O) groups excluding carboxylic acids is 1. The summed E-state index contributed by atoms with van der Waals surface area (Å²) in [6.45, 7) is 0.404. The predicted octanol–water partition coefficient (Wildman–Crippen LogP) is 3.74. The fourth-order valence-corrected chi connectivity index (χ4v) is 2.23. The van der Waals surface area contributed by atoms with Crippen LogP contribution < -0.4 is 0 Å². The molecule has 1 aromatic carbocycles. The van der Waals surface area contributed by atoms with Crippen molar-refractivity contribution in [3.8, 4) is 6.07 Å². The lowest BCUT2D eigenvalue weighted by molar-refractivity contribution is 0.0730. The number of nitrogens with zero attached hydrogens (tertiary/aromatic N) is 2. The molecule has 0 bridgehead atoms. The van der Waals surface area contributed by atoms with Crippen LogP contribution in [0.15, 0.2) is 45.5 Å². The maximum absolute atomic E-state index is 14.0. The van der Waals surface area contributed by atoms with Crippen molar-refractivity contribution in [3.05, 3.63) is 58.2 Å². The quantitative estimate of drug-likeness (QED) is 0.825. The number of nitriles is 1. The standard InChI is InChI=1S/C15H12BrFN2O2/c16-13-6-1-5-12(14(13)17)15(20)19(8-3-7-18)10-11-4-2-9-21-11/h1-2,4-6,9H,3,8,10H2. The van der Waals surface area contributed by atoms with Crippen LogP contribution in [0, 0.1) is 17.1 Å². The monoisotopic (exact) mass is 350 g/mol. The highest BCUT2D eigenvalue weighted by Crippen LogP contribution is 2.21. The molecule has 0 fully saturated rings. The molecule has 6 heteroatoms. The first-order valence-electron chi connectivity index (χ1n) is 6.26. The molecule has 0 radical (unpaired) electrons. The van der Waals surface area contributed by atoms with Gasteiger partial charge in [-0.15, -0.1) is 0 Å². The highest BCUT2D eigenvalue weighted by Gasteiger charge is 2.21. The van der Waals surface area contributed by atoms with Crippen LogP contribution in [-0.4, -0.2) is 17.4 Å². The fraction of sp³-hybridized carbons (Fsp3) is 0.200. The van der Waals surface area contributed by atoms with Crippen molar-refractivity contribution in [3.63, 3.8) is 0 Å². The molecule has 4 nitrogen and oxygen atoms in total. The van der Waals surface area contributed by atoms with Gasteiger partial charge in [0.1, 0.15) is 11.6 Å². The second kappa shape index (κ2) is 7.04. The molecule has 2 rings (SSSR count). The van der Waals surface area contributed by atoms with Crippen molar-refractivity contribution in [2.45, 2.75) is 13.0 Å². The van der Waals surface area contributed by atoms with Crippen LogP contribution in [0.1, 0.15) is 22.5 Å². The van der Waals surface area contributed by atoms with Crippen molar-refractivity contribution in [2.75, 3.05) is 6.54 Å². The van der Waals surface area contributed by atoms with E-state index in [1.165, 1.54) is 23.3 Å². The van der Waals surface area contributed by atoms with Crippen molar-refractivity contribution in [2.24, 2.45) is 0 Å². The Hall–Kier alpha value is -2.13. The molecule has 0 unspecified atom stereocenters. The minimum Gasteiger partial charge on any atom is -0.467 e. The molecular formula is C15H12BrFN2O2. The van der Waals surface area contributed by atoms with E-state index in [9.17, 15) is 9.18 Å². The van der Waals surface area contributed by atoms with Crippen molar-refractivity contribution in [1.82, 2.24) is 4.90 Å². The van der Waals surface area contributed by atoms with Gasteiger partial charge in [0.15, 0.2) is 0 Å². The van der Waals surface area contributed by atoms with Crippen molar-refractivity contribution >= 4 is 21.8 Å². The lowest BCUT2D eigenvalue weighted by Gasteiger charge is -2.21. The molecule has 0 spiro atoms. The van der Waals surface area contributed by atoms with Crippen LogP contribution in [0.5, 0.6) is 0 Å². The van der Waals surface area contributed by atoms with Gasteiger partial charge in [-0.05, 0) is 40.2 Å². The molecule has 0 aliphatic rings. The van der Waals surface area contributed by atoms with Crippen molar-refractivity contribution < 1.29 is 13.6 Å². The fourth-order valence-electron chi connectivity index (χ4n) is 1.87. The van der Waals surface area contributed by atoms with Crippen LogP contribution in [0.25, 0.3) is 0 Å². The number of amides is 1. The van der Waals surface area contributed by atoms with Gasteiger partial charge in [0.25, 0.3) is 5.91 Å². The zero-order valence-corrected chi connectivity index (χ0v) is 12.6. The topological polar surface area (TPSA) is 57.2 Å². The van der Waals surface area contributed by atoms with Crippen LogP contribution in [0.2, 0.25) is 0 Å². The zero-order valence-electron chi connectivity index (χ0n) is 11.1. The lowest BCUT2D eigenvalue weighted by atomic mass is 10.1. The van der Waals surface area contributed by atoms with Gasteiger partial charge in [0, 0.05) is 6.54 Å². The maximum atomic E-state index is 14.0. The maximum Gasteiger partial charge on any atom is 0.257 e. The van der Waals surface area contributed by atoms with Gasteiger partial charge < -0.3 is 9.32 Å². The highest BCUT2D eigenvalue weighted by molar-refractivity contribution is 9.10. The molecule has 21 heavy (non-hydrogen) atoms. The smallest absolute Gasteiger partial charge is 0.257 e. The Morgan fingerprint density at radius 3 is 2.86 bits per heavy atom. The molecule has 0 atom stereocenters. The number of furan rings is 1. The average molecular weight is 351 g/mol. The summed E-state index contributed by atoms with van der Waals surface area (Å²) in [5.74, 6) is -0.499. The molecule has 0 saturated heterocycles. The Morgan fingerprint density at radius 2 is 2.19 bits per heavy atom. The van der Waals surface area contributed by atoms with Crippen LogP contribution in [0.4, 0.5) is 4.39 Å². The molecule has 1 amide bonds. The van der Waals surface area contributed by atoms with Crippen LogP contribution in [-0.2, 0) is 6.54 Å². The molecule has 0 aliphatic heterocycles. The summed E-state index contributed by atoms with van der Waals surface area (Å²) in [4.78, 5) is 13.9. The SMILES string of the molecule is N#CCCN(Cc1ccco1)C(=O)c1cccc(Br)c1F. The number of rotatable bonds is 5. The Balaban J connectivity index is 2.25. The predicted molar refractivity (Wildman–Crippen MR) is 77.8 cm³/mol. The third kappa shape index (κ3) is 3.70. The molecule has 108 valence electrons. The zero-order chi connectivity index (χ0) is 15.2. The number of halogens is 2. The molecule has 1 heterocycles. The second-order valence-corrected chi connectivity index (χ2v) is 5.17. The van der Waals surface area contributed by atoms with E-state index >= 15 is 0 Å². The molecular weight excluding hydrogens is 339 g/mol. The molecule has 1 aromatic heterocycles. The van der Waals surface area contributed by atoms with E-state index in [2.05, 4.69) is 15.9 Å². The summed E-state index contributed by atoms with van der Waals surface area (Å²) in [5, 5.41) is 8.70. The Labute approximate surface area is 129 Å². The van der Waals surface area contributed by atoms with E-state index in [0.717, 1.165) is 0 Å². The van der Waals surface area contributed by atoms with Crippen LogP contribution >= 0.6 is 15.9 Å². The van der Waals surface area contributed by atoms with Crippen LogP contribution in [0.3, 0.4) is 0 Å². The molecule has 0 saturated carbocycles. The Bertz CT molecular complexity index is 665. The van der Waals surface area contributed by atoms with Gasteiger partial charge in [-0.25, -0.2) is 4.39 Å². The summed E-state index contributed by atoms with van der Waals surface area (Å²) in [6, 6.07) is 9.96. The van der Waals surface area contributed by atoms with E-state index in [-0.39, 0.29) is 29.5 Å². The van der Waals surface area contributed by atoms with Gasteiger partial charge in [0.2, 0.25) is 0 Å². The molecule has 0 N–H and O–H groups in total. The van der Waals surface area contributed by atoms with Gasteiger partial charge >= 0.3 is 0 Å². The second-order valence-electron chi connectivity index (χ2n) is 4.32. The first kappa shape index (κ1) is 15.3. The summed E-state index contributed by atoms with van der Waals surface area (Å²) in [7, 11) is 0. The Kier molecular flexibility index (Phi) is 5.12. The van der Waals surface area contributed by atoms with E-state index < -0.39 is 11.7 Å². The average Bonchev–Trinajstić information content (AvgIpc) is 2.98. The first-order chi connectivity index (χ1) is 10.1. The summed E-state index contributed by atoms with van der Waals surface area (Å²) >= 11 is 3.06. The third-order valence-electron chi connectivity index (χ3n) is 2.89. The third-order valence-corrected chi connectivity index (χ3v) is 3.50. The first-order valence-corrected chi connectivity index (χ1v) is 7.05. The largest absolute Gasteiger partial charge is 0.467 e. The van der Waals surface area contributed by atoms with Crippen molar-refractivity contribution in [1.29, 1.82) is 5.26 Å². The number of carbonyl (C=O) groups is 1. The Morgan fingerprint density at radius 1 is 1.38 bits per heavy atom. The number of hydrogen-bond donors (Lipinski definition) is 0. The minimum absolute atomic E-state index is 0.0335. The van der Waals surface area contributed by atoms with E-state index in [1.807, 2.05) is 6.07 Å².